The van der Waals surface area contributed by atoms with Gasteiger partial charge in [-0.15, -0.1) is 11.6 Å². The van der Waals surface area contributed by atoms with Gasteiger partial charge < -0.3 is 9.47 Å². The molecule has 0 bridgehead atoms. The lowest BCUT2D eigenvalue weighted by Crippen LogP contribution is -2.50. The Labute approximate surface area is 207 Å². The highest BCUT2D eigenvalue weighted by Gasteiger charge is 2.46. The molecule has 6 nitrogen and oxygen atoms in total. The van der Waals surface area contributed by atoms with Gasteiger partial charge in [0.1, 0.15) is 18.4 Å². The van der Waals surface area contributed by atoms with E-state index in [0.29, 0.717) is 18.1 Å². The van der Waals surface area contributed by atoms with Crippen molar-refractivity contribution in [3.63, 3.8) is 0 Å². The smallest absolute Gasteiger partial charge is 0.363 e. The summed E-state index contributed by atoms with van der Waals surface area (Å²) in [7, 11) is 0. The van der Waals surface area contributed by atoms with Crippen LogP contribution in [0.5, 0.6) is 5.75 Å². The Morgan fingerprint density at radius 3 is 2.35 bits per heavy atom. The molecule has 0 aliphatic carbocycles. The number of nitrogens with zero attached hydrogens (tertiary/aromatic N) is 3. The van der Waals surface area contributed by atoms with E-state index in [1.165, 1.54) is 17.3 Å². The third kappa shape index (κ3) is 6.38. The van der Waals surface area contributed by atoms with Crippen LogP contribution in [0.1, 0.15) is 53.4 Å². The van der Waals surface area contributed by atoms with E-state index in [4.69, 9.17) is 21.1 Å². The zero-order chi connectivity index (χ0) is 24.6. The van der Waals surface area contributed by atoms with Crippen LogP contribution in [0.3, 0.4) is 0 Å². The van der Waals surface area contributed by atoms with Crippen LogP contribution in [-0.2, 0) is 15.4 Å². The molecule has 3 rings (SSSR count). The fourth-order valence-electron chi connectivity index (χ4n) is 3.76. The highest BCUT2D eigenvalue weighted by Crippen LogP contribution is 2.36. The van der Waals surface area contributed by atoms with Crippen LogP contribution in [0.4, 0.5) is 0 Å². The lowest BCUT2D eigenvalue weighted by molar-refractivity contribution is -0.269. The SMILES string of the molecule is CCCC(C)C(OC(=O)CCC(C)(C)CCl)(Oc1ccc(-c2ccccc2)cc1)n1cncn1. The minimum Gasteiger partial charge on any atom is -0.434 e. The monoisotopic (exact) mass is 483 g/mol. The van der Waals surface area contributed by atoms with Gasteiger partial charge in [0.05, 0.1) is 5.92 Å². The zero-order valence-electron chi connectivity index (χ0n) is 20.4. The van der Waals surface area contributed by atoms with Crippen LogP contribution < -0.4 is 4.74 Å². The normalized spacial score (nSPS) is 14.3. The summed E-state index contributed by atoms with van der Waals surface area (Å²) in [6, 6.07) is 17.9. The highest BCUT2D eigenvalue weighted by atomic mass is 35.5. The molecule has 7 heteroatoms. The average Bonchev–Trinajstić information content (AvgIpc) is 3.39. The third-order valence-electron chi connectivity index (χ3n) is 5.94. The maximum Gasteiger partial charge on any atom is 0.363 e. The second-order valence-electron chi connectivity index (χ2n) is 9.42. The average molecular weight is 484 g/mol. The second kappa shape index (κ2) is 11.5. The Morgan fingerprint density at radius 1 is 1.09 bits per heavy atom. The van der Waals surface area contributed by atoms with Gasteiger partial charge in [-0.3, -0.25) is 4.79 Å². The first kappa shape index (κ1) is 25.8. The quantitative estimate of drug-likeness (QED) is 0.164. The molecular weight excluding hydrogens is 450 g/mol. The van der Waals surface area contributed by atoms with Crippen molar-refractivity contribution in [1.29, 1.82) is 0 Å². The second-order valence-corrected chi connectivity index (χ2v) is 9.69. The molecule has 182 valence electrons. The molecule has 0 aliphatic heterocycles. The van der Waals surface area contributed by atoms with Gasteiger partial charge in [-0.25, -0.2) is 4.98 Å². The van der Waals surface area contributed by atoms with Gasteiger partial charge in [-0.2, -0.15) is 9.78 Å². The van der Waals surface area contributed by atoms with Crippen LogP contribution in [0.15, 0.2) is 67.3 Å². The first-order valence-electron chi connectivity index (χ1n) is 11.8. The van der Waals surface area contributed by atoms with Crippen molar-refractivity contribution < 1.29 is 14.3 Å². The molecule has 0 saturated heterocycles. The van der Waals surface area contributed by atoms with Crippen LogP contribution >= 0.6 is 11.6 Å². The number of carbonyl (C=O) groups excluding carboxylic acids is 1. The van der Waals surface area contributed by atoms with E-state index in [9.17, 15) is 4.79 Å². The molecule has 2 aromatic carbocycles. The van der Waals surface area contributed by atoms with Gasteiger partial charge in [0.15, 0.2) is 0 Å². The van der Waals surface area contributed by atoms with E-state index < -0.39 is 5.91 Å². The predicted octanol–water partition coefficient (Wildman–Crippen LogP) is 6.66. The maximum absolute atomic E-state index is 13.0. The Balaban J connectivity index is 1.91. The number of rotatable bonds is 12. The molecule has 2 atom stereocenters. The number of benzene rings is 2. The minimum atomic E-state index is -1.46. The number of ether oxygens (including phenoxy) is 2. The van der Waals surface area contributed by atoms with Gasteiger partial charge in [0.25, 0.3) is 0 Å². The standard InChI is InChI=1S/C27H34ClN3O3/c1-5-9-21(2)27(31-20-29-19-30-31,34-25(32)16-17-26(3,4)18-28)33-24-14-12-23(13-15-24)22-10-7-6-8-11-22/h6-8,10-15,19-21H,5,9,16-18H2,1-4H3. The summed E-state index contributed by atoms with van der Waals surface area (Å²) in [6.07, 6.45) is 5.44. The molecule has 1 heterocycles. The fourth-order valence-corrected chi connectivity index (χ4v) is 3.90. The first-order chi connectivity index (χ1) is 16.3. The number of carbonyl (C=O) groups is 1. The molecule has 1 aromatic heterocycles. The molecule has 0 N–H and O–H groups in total. The van der Waals surface area contributed by atoms with Gasteiger partial charge in [-0.1, -0.05) is 76.6 Å². The Kier molecular flexibility index (Phi) is 8.72. The van der Waals surface area contributed by atoms with Crippen molar-refractivity contribution in [2.45, 2.75) is 59.3 Å². The summed E-state index contributed by atoms with van der Waals surface area (Å²) in [4.78, 5) is 17.1. The van der Waals surface area contributed by atoms with Crippen molar-refractivity contribution in [1.82, 2.24) is 14.8 Å². The molecule has 0 aliphatic rings. The molecule has 0 fully saturated rings. The van der Waals surface area contributed by atoms with Crippen LogP contribution in [0.25, 0.3) is 11.1 Å². The van der Waals surface area contributed by atoms with E-state index in [1.54, 1.807) is 0 Å². The Bertz CT molecular complexity index is 1020. The Hall–Kier alpha value is -2.86. The fraction of sp³-hybridized carbons (Fsp3) is 0.444. The Morgan fingerprint density at radius 2 is 1.76 bits per heavy atom. The summed E-state index contributed by atoms with van der Waals surface area (Å²) < 4.78 is 14.1. The maximum atomic E-state index is 13.0. The summed E-state index contributed by atoms with van der Waals surface area (Å²) in [6.45, 7) is 8.15. The van der Waals surface area contributed by atoms with Crippen LogP contribution in [-0.4, -0.2) is 26.6 Å². The van der Waals surface area contributed by atoms with E-state index in [-0.39, 0.29) is 23.7 Å². The summed E-state index contributed by atoms with van der Waals surface area (Å²) >= 11 is 6.05. The third-order valence-corrected chi connectivity index (χ3v) is 6.66. The first-order valence-corrected chi connectivity index (χ1v) is 12.3. The van der Waals surface area contributed by atoms with Gasteiger partial charge >= 0.3 is 11.9 Å². The number of halogens is 1. The van der Waals surface area contributed by atoms with Gasteiger partial charge in [0, 0.05) is 12.3 Å². The van der Waals surface area contributed by atoms with Crippen molar-refractivity contribution >= 4 is 17.6 Å². The van der Waals surface area contributed by atoms with E-state index in [0.717, 1.165) is 24.0 Å². The van der Waals surface area contributed by atoms with Crippen molar-refractivity contribution in [3.05, 3.63) is 67.3 Å². The molecule has 0 amide bonds. The molecule has 3 aromatic rings. The summed E-state index contributed by atoms with van der Waals surface area (Å²) in [5.41, 5.74) is 2.02. The number of esters is 1. The van der Waals surface area contributed by atoms with Crippen molar-refractivity contribution in [2.75, 3.05) is 5.88 Å². The predicted molar refractivity (Wildman–Crippen MR) is 134 cm³/mol. The summed E-state index contributed by atoms with van der Waals surface area (Å²) in [5.74, 6) is -0.962. The lowest BCUT2D eigenvalue weighted by atomic mass is 9.90. The van der Waals surface area contributed by atoms with E-state index in [2.05, 4.69) is 29.1 Å². The van der Waals surface area contributed by atoms with E-state index in [1.807, 2.05) is 63.2 Å². The number of aromatic nitrogens is 3. The lowest BCUT2D eigenvalue weighted by Gasteiger charge is -2.37. The van der Waals surface area contributed by atoms with Crippen LogP contribution in [0.2, 0.25) is 0 Å². The largest absolute Gasteiger partial charge is 0.434 e. The van der Waals surface area contributed by atoms with Crippen molar-refractivity contribution in [2.24, 2.45) is 11.3 Å². The molecule has 0 spiro atoms. The molecule has 0 radical (unpaired) electrons. The molecule has 0 saturated carbocycles. The zero-order valence-corrected chi connectivity index (χ0v) is 21.2. The number of hydrogen-bond acceptors (Lipinski definition) is 5. The highest BCUT2D eigenvalue weighted by molar-refractivity contribution is 6.18. The van der Waals surface area contributed by atoms with E-state index >= 15 is 0 Å². The molecule has 2 unspecified atom stereocenters. The minimum absolute atomic E-state index is 0.167. The van der Waals surface area contributed by atoms with Gasteiger partial charge in [0.2, 0.25) is 0 Å². The van der Waals surface area contributed by atoms with Crippen LogP contribution in [0, 0.1) is 11.3 Å². The number of hydrogen-bond donors (Lipinski definition) is 0. The number of alkyl halides is 1. The molecular formula is C27H34ClN3O3. The molecule has 34 heavy (non-hydrogen) atoms. The topological polar surface area (TPSA) is 66.2 Å². The van der Waals surface area contributed by atoms with Gasteiger partial charge in [-0.05, 0) is 41.5 Å². The summed E-state index contributed by atoms with van der Waals surface area (Å²) in [5, 5.41) is 4.31. The van der Waals surface area contributed by atoms with Crippen molar-refractivity contribution in [3.8, 4) is 16.9 Å².